The van der Waals surface area contributed by atoms with Crippen molar-refractivity contribution >= 4 is 11.5 Å². The topological polar surface area (TPSA) is 50.2 Å². The molecule has 0 aliphatic heterocycles. The molecule has 0 radical (unpaired) electrons. The van der Waals surface area contributed by atoms with E-state index in [0.29, 0.717) is 11.3 Å². The third kappa shape index (κ3) is 3.70. The molecule has 1 aromatic rings. The van der Waals surface area contributed by atoms with E-state index in [2.05, 4.69) is 0 Å². The smallest absolute Gasteiger partial charge is 0.206 e. The average molecular weight is 233 g/mol. The lowest BCUT2D eigenvalue weighted by Gasteiger charge is -2.12. The molecule has 1 N–H and O–H groups in total. The van der Waals surface area contributed by atoms with Crippen LogP contribution in [-0.2, 0) is 6.42 Å². The molecule has 0 unspecified atom stereocenters. The van der Waals surface area contributed by atoms with E-state index in [4.69, 9.17) is 10.1 Å². The second kappa shape index (κ2) is 5.62. The number of hydrogen-bond acceptors (Lipinski definition) is 3. The molecule has 0 heterocycles. The molecule has 0 bridgehead atoms. The maximum atomic E-state index is 11.8. The molecule has 0 atom stereocenters. The number of ether oxygens (including phenoxy) is 1. The summed E-state index contributed by atoms with van der Waals surface area (Å²) >= 11 is 0. The van der Waals surface area contributed by atoms with Gasteiger partial charge in [0.15, 0.2) is 0 Å². The summed E-state index contributed by atoms with van der Waals surface area (Å²) in [5.41, 5.74) is 1.63. The second-order valence-electron chi connectivity index (χ2n) is 4.34. The summed E-state index contributed by atoms with van der Waals surface area (Å²) in [4.78, 5) is 11.8. The standard InChI is InChI=1S/C14H19NO2/c1-5-11-6-12(14(16)10(4)15)8-13(7-11)17-9(2)3/h6-9,15H,5H2,1-4H3. The highest BCUT2D eigenvalue weighted by Gasteiger charge is 2.11. The zero-order valence-electron chi connectivity index (χ0n) is 10.8. The van der Waals surface area contributed by atoms with Crippen molar-refractivity contribution in [3.8, 4) is 5.75 Å². The van der Waals surface area contributed by atoms with Crippen LogP contribution in [0.25, 0.3) is 0 Å². The Kier molecular flexibility index (Phi) is 4.44. The minimum absolute atomic E-state index is 0.0498. The number of benzene rings is 1. The molecule has 17 heavy (non-hydrogen) atoms. The third-order valence-electron chi connectivity index (χ3n) is 2.35. The van der Waals surface area contributed by atoms with Crippen LogP contribution in [0.2, 0.25) is 0 Å². The van der Waals surface area contributed by atoms with Crippen molar-refractivity contribution in [2.24, 2.45) is 0 Å². The van der Waals surface area contributed by atoms with Gasteiger partial charge in [-0.15, -0.1) is 0 Å². The van der Waals surface area contributed by atoms with Gasteiger partial charge in [-0.1, -0.05) is 6.92 Å². The van der Waals surface area contributed by atoms with Gasteiger partial charge in [0.1, 0.15) is 5.75 Å². The van der Waals surface area contributed by atoms with Crippen LogP contribution < -0.4 is 4.74 Å². The first-order valence-corrected chi connectivity index (χ1v) is 5.84. The van der Waals surface area contributed by atoms with E-state index in [1.807, 2.05) is 32.9 Å². The van der Waals surface area contributed by atoms with E-state index < -0.39 is 0 Å². The summed E-state index contributed by atoms with van der Waals surface area (Å²) in [5, 5.41) is 7.39. The number of carbonyl (C=O) groups is 1. The highest BCUT2D eigenvalue weighted by atomic mass is 16.5. The minimum Gasteiger partial charge on any atom is -0.491 e. The summed E-state index contributed by atoms with van der Waals surface area (Å²) < 4.78 is 5.60. The van der Waals surface area contributed by atoms with Crippen molar-refractivity contribution in [3.63, 3.8) is 0 Å². The lowest BCUT2D eigenvalue weighted by atomic mass is 10.0. The number of hydrogen-bond donors (Lipinski definition) is 1. The van der Waals surface area contributed by atoms with E-state index in [-0.39, 0.29) is 17.6 Å². The molecule has 1 rings (SSSR count). The molecule has 3 nitrogen and oxygen atoms in total. The predicted octanol–water partition coefficient (Wildman–Crippen LogP) is 3.26. The van der Waals surface area contributed by atoms with Gasteiger partial charge >= 0.3 is 0 Å². The van der Waals surface area contributed by atoms with E-state index in [9.17, 15) is 4.79 Å². The maximum absolute atomic E-state index is 11.8. The zero-order valence-corrected chi connectivity index (χ0v) is 10.8. The quantitative estimate of drug-likeness (QED) is 0.627. The SMILES string of the molecule is CCc1cc(OC(C)C)cc(C(=O)C(C)=N)c1. The molecule has 0 spiro atoms. The molecule has 0 amide bonds. The molecule has 0 saturated heterocycles. The Labute approximate surface area is 102 Å². The average Bonchev–Trinajstić information content (AvgIpc) is 2.26. The maximum Gasteiger partial charge on any atom is 0.206 e. The van der Waals surface area contributed by atoms with Crippen molar-refractivity contribution in [3.05, 3.63) is 29.3 Å². The minimum atomic E-state index is -0.242. The van der Waals surface area contributed by atoms with Crippen molar-refractivity contribution in [2.75, 3.05) is 0 Å². The van der Waals surface area contributed by atoms with Gasteiger partial charge in [-0.25, -0.2) is 0 Å². The fourth-order valence-electron chi connectivity index (χ4n) is 1.55. The molecule has 0 aliphatic carbocycles. The van der Waals surface area contributed by atoms with E-state index >= 15 is 0 Å². The van der Waals surface area contributed by atoms with Crippen molar-refractivity contribution in [2.45, 2.75) is 40.2 Å². The molecule has 0 aromatic heterocycles. The van der Waals surface area contributed by atoms with Crippen molar-refractivity contribution < 1.29 is 9.53 Å². The number of nitrogens with one attached hydrogen (secondary N) is 1. The number of carbonyl (C=O) groups excluding carboxylic acids is 1. The fourth-order valence-corrected chi connectivity index (χ4v) is 1.55. The largest absolute Gasteiger partial charge is 0.491 e. The Bertz CT molecular complexity index is 436. The fraction of sp³-hybridized carbons (Fsp3) is 0.429. The number of ketones is 1. The monoisotopic (exact) mass is 233 g/mol. The Balaban J connectivity index is 3.13. The molecular weight excluding hydrogens is 214 g/mol. The molecule has 0 saturated carbocycles. The molecular formula is C14H19NO2. The zero-order chi connectivity index (χ0) is 13.0. The highest BCUT2D eigenvalue weighted by Crippen LogP contribution is 2.19. The summed E-state index contributed by atoms with van der Waals surface area (Å²) in [6.45, 7) is 7.42. The van der Waals surface area contributed by atoms with Crippen LogP contribution in [-0.4, -0.2) is 17.6 Å². The molecule has 0 aliphatic rings. The molecule has 92 valence electrons. The van der Waals surface area contributed by atoms with Gasteiger partial charge in [-0.05, 0) is 51.0 Å². The van der Waals surface area contributed by atoms with Gasteiger partial charge in [0.25, 0.3) is 0 Å². The molecule has 0 fully saturated rings. The number of rotatable bonds is 5. The van der Waals surface area contributed by atoms with Gasteiger partial charge in [0.2, 0.25) is 5.78 Å². The second-order valence-corrected chi connectivity index (χ2v) is 4.34. The Morgan fingerprint density at radius 1 is 1.35 bits per heavy atom. The van der Waals surface area contributed by atoms with E-state index in [1.165, 1.54) is 6.92 Å². The van der Waals surface area contributed by atoms with Crippen LogP contribution in [0.4, 0.5) is 0 Å². The Hall–Kier alpha value is -1.64. The van der Waals surface area contributed by atoms with Crippen molar-refractivity contribution in [1.82, 2.24) is 0 Å². The number of aryl methyl sites for hydroxylation is 1. The Morgan fingerprint density at radius 2 is 2.00 bits per heavy atom. The van der Waals surface area contributed by atoms with E-state index in [1.54, 1.807) is 6.07 Å². The van der Waals surface area contributed by atoms with Gasteiger partial charge in [0, 0.05) is 5.56 Å². The van der Waals surface area contributed by atoms with Crippen LogP contribution in [0.15, 0.2) is 18.2 Å². The van der Waals surface area contributed by atoms with Gasteiger partial charge < -0.3 is 10.1 Å². The highest BCUT2D eigenvalue weighted by molar-refractivity contribution is 6.44. The molecule has 1 aromatic carbocycles. The van der Waals surface area contributed by atoms with Crippen LogP contribution in [0.1, 0.15) is 43.6 Å². The third-order valence-corrected chi connectivity index (χ3v) is 2.35. The van der Waals surface area contributed by atoms with Crippen LogP contribution >= 0.6 is 0 Å². The molecule has 3 heteroatoms. The first-order valence-electron chi connectivity index (χ1n) is 5.84. The first-order chi connectivity index (χ1) is 7.93. The van der Waals surface area contributed by atoms with Gasteiger partial charge in [-0.3, -0.25) is 4.79 Å². The van der Waals surface area contributed by atoms with Gasteiger partial charge in [-0.2, -0.15) is 0 Å². The van der Waals surface area contributed by atoms with Crippen LogP contribution in [0.5, 0.6) is 5.75 Å². The lowest BCUT2D eigenvalue weighted by molar-refractivity contribution is 0.106. The van der Waals surface area contributed by atoms with Crippen molar-refractivity contribution in [1.29, 1.82) is 5.41 Å². The predicted molar refractivity (Wildman–Crippen MR) is 69.3 cm³/mol. The summed E-state index contributed by atoms with van der Waals surface area (Å²) in [6, 6.07) is 5.48. The number of Topliss-reactive ketones (excluding diaryl/α,β-unsaturated/α-hetero) is 1. The summed E-state index contributed by atoms with van der Waals surface area (Å²) in [7, 11) is 0. The van der Waals surface area contributed by atoms with Crippen LogP contribution in [0.3, 0.4) is 0 Å². The van der Waals surface area contributed by atoms with Gasteiger partial charge in [0.05, 0.1) is 11.8 Å². The lowest BCUT2D eigenvalue weighted by Crippen LogP contribution is -2.11. The van der Waals surface area contributed by atoms with Crippen LogP contribution in [0, 0.1) is 5.41 Å². The first kappa shape index (κ1) is 13.4. The summed E-state index contributed by atoms with van der Waals surface area (Å²) in [6.07, 6.45) is 0.915. The normalized spacial score (nSPS) is 10.4. The van der Waals surface area contributed by atoms with E-state index in [0.717, 1.165) is 12.0 Å². The Morgan fingerprint density at radius 3 is 2.47 bits per heavy atom. The summed E-state index contributed by atoms with van der Waals surface area (Å²) in [5.74, 6) is 0.456.